The van der Waals surface area contributed by atoms with Crippen molar-refractivity contribution in [2.45, 2.75) is 20.8 Å². The van der Waals surface area contributed by atoms with Gasteiger partial charge in [-0.3, -0.25) is 4.79 Å². The van der Waals surface area contributed by atoms with Crippen LogP contribution in [0, 0.1) is 0 Å². The predicted molar refractivity (Wildman–Crippen MR) is 44.5 cm³/mol. The summed E-state index contributed by atoms with van der Waals surface area (Å²) in [4.78, 5) is 9.00. The number of aliphatic hydroxyl groups is 1. The lowest BCUT2D eigenvalue weighted by Gasteiger charge is -1.85. The molecule has 3 nitrogen and oxygen atoms in total. The summed E-state index contributed by atoms with van der Waals surface area (Å²) in [6.07, 6.45) is 1.61. The van der Waals surface area contributed by atoms with Crippen LogP contribution < -0.4 is 0 Å². The van der Waals surface area contributed by atoms with Crippen LogP contribution in [0.3, 0.4) is 0 Å². The van der Waals surface area contributed by atoms with Crippen molar-refractivity contribution in [3.63, 3.8) is 0 Å². The number of carboxylic acid groups (broad SMARTS) is 1. The van der Waals surface area contributed by atoms with E-state index < -0.39 is 5.97 Å². The van der Waals surface area contributed by atoms with Crippen LogP contribution >= 0.6 is 0 Å². The number of hydrogen-bond acceptors (Lipinski definition) is 2. The third kappa shape index (κ3) is 52.7. The first-order valence-corrected chi connectivity index (χ1v) is 3.08. The molecule has 0 aliphatic carbocycles. The zero-order valence-corrected chi connectivity index (χ0v) is 7.09. The van der Waals surface area contributed by atoms with Gasteiger partial charge in [-0.15, -0.1) is 0 Å². The van der Waals surface area contributed by atoms with Gasteiger partial charge in [-0.2, -0.15) is 0 Å². The quantitative estimate of drug-likeness (QED) is 0.454. The van der Waals surface area contributed by atoms with Gasteiger partial charge >= 0.3 is 0 Å². The van der Waals surface area contributed by atoms with Crippen molar-refractivity contribution in [1.29, 1.82) is 0 Å². The molecule has 3 heteroatoms. The molecule has 0 saturated carbocycles. The van der Waals surface area contributed by atoms with E-state index in [9.17, 15) is 0 Å². The van der Waals surface area contributed by atoms with Gasteiger partial charge in [-0.05, 0) is 19.9 Å². The number of aliphatic hydroxyl groups excluding tert-OH is 1. The van der Waals surface area contributed by atoms with Crippen LogP contribution in [0.1, 0.15) is 20.8 Å². The first-order valence-electron chi connectivity index (χ1n) is 3.08. The second-order valence-corrected chi connectivity index (χ2v) is 2.23. The Labute approximate surface area is 66.7 Å². The summed E-state index contributed by atoms with van der Waals surface area (Å²) in [5.41, 5.74) is 1.06. The second-order valence-electron chi connectivity index (χ2n) is 2.23. The average molecular weight is 158 g/mol. The van der Waals surface area contributed by atoms with E-state index in [0.29, 0.717) is 0 Å². The Bertz CT molecular complexity index is 160. The fourth-order valence-electron chi connectivity index (χ4n) is 0.333. The lowest BCUT2D eigenvalue weighted by Crippen LogP contribution is -1.78. The number of carbonyl (C=O) groups is 1. The van der Waals surface area contributed by atoms with Gasteiger partial charge in [0.05, 0.1) is 0 Å². The van der Waals surface area contributed by atoms with Gasteiger partial charge in [0.2, 0.25) is 0 Å². The molecule has 0 unspecified atom stereocenters. The normalized spacial score (nSPS) is 7.18. The molecule has 0 heterocycles. The molecule has 0 radical (unpaired) electrons. The number of carboxylic acids is 1. The standard InChI is InChI=1S/C6H10O.C2H4O2/c1-5(2)4-6(3)7;1-2(3)4/h4,7H,3H2,1-2H3;1H3,(H,3,4). The molecular formula is C8H14O3. The topological polar surface area (TPSA) is 57.5 Å². The maximum atomic E-state index is 9.00. The lowest BCUT2D eigenvalue weighted by atomic mass is 10.3. The van der Waals surface area contributed by atoms with E-state index in [1.54, 1.807) is 6.08 Å². The smallest absolute Gasteiger partial charge is 0.300 e. The predicted octanol–water partition coefficient (Wildman–Crippen LogP) is 2.12. The maximum absolute atomic E-state index is 9.00. The van der Waals surface area contributed by atoms with Gasteiger partial charge in [0.15, 0.2) is 0 Å². The molecule has 0 aromatic rings. The van der Waals surface area contributed by atoms with E-state index in [2.05, 4.69) is 6.58 Å². The summed E-state index contributed by atoms with van der Waals surface area (Å²) >= 11 is 0. The van der Waals surface area contributed by atoms with Crippen LogP contribution in [0.2, 0.25) is 0 Å². The van der Waals surface area contributed by atoms with E-state index in [1.165, 1.54) is 0 Å². The average Bonchev–Trinajstić information content (AvgIpc) is 1.56. The van der Waals surface area contributed by atoms with Crippen LogP contribution in [0.4, 0.5) is 0 Å². The molecule has 11 heavy (non-hydrogen) atoms. The molecule has 0 atom stereocenters. The van der Waals surface area contributed by atoms with Crippen molar-refractivity contribution >= 4 is 5.97 Å². The molecule has 2 N–H and O–H groups in total. The molecule has 0 aromatic heterocycles. The molecule has 0 rings (SSSR count). The van der Waals surface area contributed by atoms with Crippen molar-refractivity contribution in [1.82, 2.24) is 0 Å². The summed E-state index contributed by atoms with van der Waals surface area (Å²) in [5, 5.41) is 15.9. The molecule has 0 amide bonds. The molecule has 0 spiro atoms. The molecule has 0 aliphatic heterocycles. The van der Waals surface area contributed by atoms with E-state index in [-0.39, 0.29) is 5.76 Å². The van der Waals surface area contributed by atoms with Gasteiger partial charge in [0.1, 0.15) is 5.76 Å². The van der Waals surface area contributed by atoms with Crippen LogP contribution in [0.15, 0.2) is 24.0 Å². The highest BCUT2D eigenvalue weighted by molar-refractivity contribution is 5.62. The largest absolute Gasteiger partial charge is 0.509 e. The Morgan fingerprint density at radius 2 is 1.55 bits per heavy atom. The van der Waals surface area contributed by atoms with Crippen molar-refractivity contribution < 1.29 is 15.0 Å². The number of hydrogen-bond donors (Lipinski definition) is 2. The maximum Gasteiger partial charge on any atom is 0.300 e. The molecule has 64 valence electrons. The fourth-order valence-corrected chi connectivity index (χ4v) is 0.333. The third-order valence-electron chi connectivity index (χ3n) is 0.455. The highest BCUT2D eigenvalue weighted by Gasteiger charge is 1.76. The summed E-state index contributed by atoms with van der Waals surface area (Å²) in [7, 11) is 0. The van der Waals surface area contributed by atoms with Gasteiger partial charge in [0.25, 0.3) is 5.97 Å². The van der Waals surface area contributed by atoms with Gasteiger partial charge in [-0.1, -0.05) is 12.2 Å². The van der Waals surface area contributed by atoms with Gasteiger partial charge in [-0.25, -0.2) is 0 Å². The zero-order chi connectivity index (χ0) is 9.44. The summed E-state index contributed by atoms with van der Waals surface area (Å²) in [6, 6.07) is 0. The fraction of sp³-hybridized carbons (Fsp3) is 0.375. The van der Waals surface area contributed by atoms with Crippen LogP contribution in [0.5, 0.6) is 0 Å². The van der Waals surface area contributed by atoms with E-state index in [4.69, 9.17) is 15.0 Å². The zero-order valence-electron chi connectivity index (χ0n) is 7.09. The first kappa shape index (κ1) is 12.4. The van der Waals surface area contributed by atoms with E-state index in [0.717, 1.165) is 12.5 Å². The van der Waals surface area contributed by atoms with Crippen molar-refractivity contribution in [2.75, 3.05) is 0 Å². The molecule has 0 saturated heterocycles. The Kier molecular flexibility index (Phi) is 7.76. The van der Waals surface area contributed by atoms with E-state index in [1.807, 2.05) is 13.8 Å². The van der Waals surface area contributed by atoms with Crippen molar-refractivity contribution in [3.8, 4) is 0 Å². The third-order valence-corrected chi connectivity index (χ3v) is 0.455. The second kappa shape index (κ2) is 6.86. The molecule has 0 fully saturated rings. The Morgan fingerprint density at radius 3 is 1.55 bits per heavy atom. The van der Waals surface area contributed by atoms with Crippen molar-refractivity contribution in [2.24, 2.45) is 0 Å². The Hall–Kier alpha value is -1.25. The Morgan fingerprint density at radius 1 is 1.27 bits per heavy atom. The summed E-state index contributed by atoms with van der Waals surface area (Å²) in [5.74, 6) is -0.708. The first-order chi connectivity index (χ1) is 4.86. The minimum Gasteiger partial charge on any atom is -0.509 e. The highest BCUT2D eigenvalue weighted by Crippen LogP contribution is 1.92. The molecule has 0 aromatic carbocycles. The number of allylic oxidation sites excluding steroid dienone is 2. The summed E-state index contributed by atoms with van der Waals surface area (Å²) in [6.45, 7) is 8.17. The molecular weight excluding hydrogens is 144 g/mol. The number of aliphatic carboxylic acids is 1. The minimum atomic E-state index is -0.833. The lowest BCUT2D eigenvalue weighted by molar-refractivity contribution is -0.134. The molecule has 0 aliphatic rings. The van der Waals surface area contributed by atoms with Crippen LogP contribution in [0.25, 0.3) is 0 Å². The van der Waals surface area contributed by atoms with E-state index >= 15 is 0 Å². The van der Waals surface area contributed by atoms with Crippen LogP contribution in [-0.2, 0) is 4.79 Å². The minimum absolute atomic E-state index is 0.125. The SMILES string of the molecule is C=C(O)C=C(C)C.CC(=O)O. The number of rotatable bonds is 1. The monoisotopic (exact) mass is 158 g/mol. The molecule has 0 bridgehead atoms. The Balaban J connectivity index is 0. The van der Waals surface area contributed by atoms with Crippen LogP contribution in [-0.4, -0.2) is 16.2 Å². The van der Waals surface area contributed by atoms with Gasteiger partial charge in [0, 0.05) is 6.92 Å². The van der Waals surface area contributed by atoms with Crippen molar-refractivity contribution in [3.05, 3.63) is 24.0 Å². The summed E-state index contributed by atoms with van der Waals surface area (Å²) < 4.78 is 0. The highest BCUT2D eigenvalue weighted by atomic mass is 16.4. The van der Waals surface area contributed by atoms with Gasteiger partial charge < -0.3 is 10.2 Å².